The highest BCUT2D eigenvalue weighted by Gasteiger charge is 2.59. The summed E-state index contributed by atoms with van der Waals surface area (Å²) in [7, 11) is 0. The van der Waals surface area contributed by atoms with Crippen molar-refractivity contribution in [1.82, 2.24) is 10.2 Å². The molecular weight excluding hydrogens is 608 g/mol. The number of nitrogens with one attached hydrogen (secondary N) is 1. The van der Waals surface area contributed by atoms with Gasteiger partial charge in [-0.15, -0.1) is 0 Å². The lowest BCUT2D eigenvalue weighted by atomic mass is 9.47. The van der Waals surface area contributed by atoms with Crippen LogP contribution in [0.15, 0.2) is 11.6 Å². The van der Waals surface area contributed by atoms with Gasteiger partial charge in [0.2, 0.25) is 5.91 Å². The van der Waals surface area contributed by atoms with Gasteiger partial charge in [-0.3, -0.25) is 4.79 Å². The number of fused-ring (bicyclic) bond motifs is 5. The number of rotatable bonds is 21. The van der Waals surface area contributed by atoms with Gasteiger partial charge in [0.15, 0.2) is 0 Å². The van der Waals surface area contributed by atoms with Crippen molar-refractivity contribution in [2.24, 2.45) is 63.2 Å². The van der Waals surface area contributed by atoms with E-state index in [4.69, 9.17) is 16.2 Å². The maximum absolute atomic E-state index is 13.8. The molecule has 4 rings (SSSR count). The molecule has 0 spiro atoms. The van der Waals surface area contributed by atoms with Crippen LogP contribution < -0.4 is 16.8 Å². The molecule has 0 aliphatic heterocycles. The lowest BCUT2D eigenvalue weighted by Gasteiger charge is -2.58. The monoisotopic (exact) mass is 685 g/mol. The van der Waals surface area contributed by atoms with Gasteiger partial charge in [0.05, 0.1) is 12.7 Å². The summed E-state index contributed by atoms with van der Waals surface area (Å²) in [6.45, 7) is 18.7. The average molecular weight is 685 g/mol. The topological polar surface area (TPSA) is 111 Å². The molecule has 7 heteroatoms. The zero-order valence-electron chi connectivity index (χ0n) is 32.6. The van der Waals surface area contributed by atoms with Gasteiger partial charge in [0.25, 0.3) is 0 Å². The van der Waals surface area contributed by atoms with E-state index in [1.54, 1.807) is 12.5 Å². The Morgan fingerprint density at radius 3 is 2.43 bits per heavy atom. The second-order valence-electron chi connectivity index (χ2n) is 18.0. The Morgan fingerprint density at radius 2 is 1.71 bits per heavy atom. The molecular formula is C42H76N4O3. The van der Waals surface area contributed by atoms with E-state index in [1.165, 1.54) is 51.4 Å². The summed E-state index contributed by atoms with van der Waals surface area (Å²) >= 11 is 0. The minimum Gasteiger partial charge on any atom is -0.376 e. The molecule has 282 valence electrons. The molecule has 4 aliphatic carbocycles. The van der Waals surface area contributed by atoms with Crippen LogP contribution in [-0.4, -0.2) is 69.1 Å². The zero-order valence-corrected chi connectivity index (χ0v) is 32.6. The number of nitrogens with two attached hydrogens (primary N) is 2. The molecule has 0 saturated heterocycles. The van der Waals surface area contributed by atoms with Crippen LogP contribution in [0, 0.1) is 51.8 Å². The second kappa shape index (κ2) is 18.5. The SMILES string of the molecule is CC(C)CCC[C@@H](C)[C@H]1CC[C@H]2[C@@H]3CC=C4C[C@@H](OCC(C)(C=O)C(=O)N(CCCN)CCCCNCCCN)CC[C@]4(C)[C@H]3CC[C@]12C. The molecule has 0 radical (unpaired) electrons. The number of unbranched alkanes of at least 4 members (excludes halogenated alkanes) is 1. The van der Waals surface area contributed by atoms with Crippen LogP contribution in [0.3, 0.4) is 0 Å². The van der Waals surface area contributed by atoms with Crippen LogP contribution in [-0.2, 0) is 14.3 Å². The van der Waals surface area contributed by atoms with Crippen molar-refractivity contribution in [3.63, 3.8) is 0 Å². The summed E-state index contributed by atoms with van der Waals surface area (Å²) < 4.78 is 6.53. The van der Waals surface area contributed by atoms with Crippen molar-refractivity contribution in [2.75, 3.05) is 45.9 Å². The third-order valence-corrected chi connectivity index (χ3v) is 14.1. The van der Waals surface area contributed by atoms with E-state index < -0.39 is 5.41 Å². The van der Waals surface area contributed by atoms with Crippen LogP contribution in [0.5, 0.6) is 0 Å². The fraction of sp³-hybridized carbons (Fsp3) is 0.905. The smallest absolute Gasteiger partial charge is 0.238 e. The molecule has 49 heavy (non-hydrogen) atoms. The molecule has 1 unspecified atom stereocenters. The third kappa shape index (κ3) is 9.59. The van der Waals surface area contributed by atoms with Crippen molar-refractivity contribution in [3.8, 4) is 0 Å². The first-order valence-corrected chi connectivity index (χ1v) is 20.6. The molecule has 3 saturated carbocycles. The van der Waals surface area contributed by atoms with Gasteiger partial charge in [-0.2, -0.15) is 0 Å². The van der Waals surface area contributed by atoms with Gasteiger partial charge in [0.1, 0.15) is 11.7 Å². The molecule has 0 aromatic carbocycles. The summed E-state index contributed by atoms with van der Waals surface area (Å²) in [5, 5.41) is 3.41. The van der Waals surface area contributed by atoms with E-state index in [0.717, 1.165) is 99.8 Å². The third-order valence-electron chi connectivity index (χ3n) is 14.1. The van der Waals surface area contributed by atoms with Crippen molar-refractivity contribution in [3.05, 3.63) is 11.6 Å². The van der Waals surface area contributed by atoms with Gasteiger partial charge in [-0.25, -0.2) is 0 Å². The summed E-state index contributed by atoms with van der Waals surface area (Å²) in [4.78, 5) is 28.2. The number of carbonyl (C=O) groups is 2. The Kier molecular flexibility index (Phi) is 15.3. The highest BCUT2D eigenvalue weighted by atomic mass is 16.5. The van der Waals surface area contributed by atoms with Crippen LogP contribution in [0.4, 0.5) is 0 Å². The maximum atomic E-state index is 13.8. The molecule has 5 N–H and O–H groups in total. The first-order valence-electron chi connectivity index (χ1n) is 20.6. The lowest BCUT2D eigenvalue weighted by Crippen LogP contribution is -2.51. The number of allylic oxidation sites excluding steroid dienone is 1. The normalized spacial score (nSPS) is 32.8. The van der Waals surface area contributed by atoms with E-state index in [2.05, 4.69) is 46.0 Å². The molecule has 9 atom stereocenters. The number of hydrogen-bond acceptors (Lipinski definition) is 6. The Labute approximate surface area is 300 Å². The fourth-order valence-electron chi connectivity index (χ4n) is 11.1. The number of amides is 1. The fourth-order valence-corrected chi connectivity index (χ4v) is 11.1. The lowest BCUT2D eigenvalue weighted by molar-refractivity contribution is -0.150. The van der Waals surface area contributed by atoms with Crippen molar-refractivity contribution >= 4 is 12.2 Å². The Hall–Kier alpha value is -1.28. The molecule has 1 amide bonds. The summed E-state index contributed by atoms with van der Waals surface area (Å²) in [6, 6.07) is 0. The van der Waals surface area contributed by atoms with E-state index in [0.29, 0.717) is 31.6 Å². The van der Waals surface area contributed by atoms with Crippen molar-refractivity contribution in [1.29, 1.82) is 0 Å². The van der Waals surface area contributed by atoms with E-state index in [1.807, 2.05) is 4.90 Å². The summed E-state index contributed by atoms with van der Waals surface area (Å²) in [5.41, 5.74) is 12.6. The highest BCUT2D eigenvalue weighted by Crippen LogP contribution is 2.67. The minimum absolute atomic E-state index is 0.0662. The van der Waals surface area contributed by atoms with Crippen molar-refractivity contribution < 1.29 is 14.3 Å². The molecule has 7 nitrogen and oxygen atoms in total. The Morgan fingerprint density at radius 1 is 0.980 bits per heavy atom. The summed E-state index contributed by atoms with van der Waals surface area (Å²) in [6.07, 6.45) is 21.2. The Bertz CT molecular complexity index is 1080. The predicted octanol–water partition coefficient (Wildman–Crippen LogP) is 7.51. The first kappa shape index (κ1) is 40.5. The van der Waals surface area contributed by atoms with Gasteiger partial charge >= 0.3 is 0 Å². The second-order valence-corrected chi connectivity index (χ2v) is 18.0. The number of aldehydes is 1. The van der Waals surface area contributed by atoms with Gasteiger partial charge in [-0.1, -0.05) is 65.5 Å². The van der Waals surface area contributed by atoms with E-state index in [-0.39, 0.29) is 24.0 Å². The molecule has 0 aromatic rings. The van der Waals surface area contributed by atoms with Crippen LogP contribution in [0.25, 0.3) is 0 Å². The van der Waals surface area contributed by atoms with E-state index >= 15 is 0 Å². The zero-order chi connectivity index (χ0) is 35.7. The molecule has 4 aliphatic rings. The highest BCUT2D eigenvalue weighted by molar-refractivity contribution is 5.96. The Balaban J connectivity index is 1.33. The van der Waals surface area contributed by atoms with Gasteiger partial charge in [-0.05, 0) is 156 Å². The number of hydrogen-bond donors (Lipinski definition) is 3. The summed E-state index contributed by atoms with van der Waals surface area (Å²) in [5.74, 6) is 4.87. The maximum Gasteiger partial charge on any atom is 0.238 e. The standard InChI is InChI=1S/C42H76N4O3/c1-31(2)12-9-13-32(3)36-16-17-37-35-15-14-33-28-34(18-20-41(33,5)38(35)19-21-42(36,37)6)49-30-40(4,29-47)39(48)46(27-11-23-44)26-8-7-24-45-25-10-22-43/h14,29,31-32,34-38,45H,7-13,15-28,30,43-44H2,1-6H3/t32-,34+,35+,36-,37+,38+,40?,41+,42-/m1/s1. The quantitative estimate of drug-likeness (QED) is 0.0500. The first-order chi connectivity index (χ1) is 23.4. The van der Waals surface area contributed by atoms with Crippen LogP contribution in [0.1, 0.15) is 138 Å². The molecule has 0 aromatic heterocycles. The molecule has 0 heterocycles. The molecule has 0 bridgehead atoms. The average Bonchev–Trinajstić information content (AvgIpc) is 3.44. The largest absolute Gasteiger partial charge is 0.376 e. The minimum atomic E-state index is -1.18. The number of ether oxygens (including phenoxy) is 1. The van der Waals surface area contributed by atoms with Crippen LogP contribution >= 0.6 is 0 Å². The van der Waals surface area contributed by atoms with E-state index in [9.17, 15) is 9.59 Å². The van der Waals surface area contributed by atoms with Gasteiger partial charge in [0, 0.05) is 13.1 Å². The van der Waals surface area contributed by atoms with Crippen molar-refractivity contribution in [2.45, 2.75) is 144 Å². The van der Waals surface area contributed by atoms with Gasteiger partial charge < -0.3 is 31.2 Å². The predicted molar refractivity (Wildman–Crippen MR) is 203 cm³/mol. The number of nitrogens with zero attached hydrogens (tertiary/aromatic N) is 1. The molecule has 3 fully saturated rings. The number of carbonyl (C=O) groups excluding carboxylic acids is 2. The van der Waals surface area contributed by atoms with Crippen LogP contribution in [0.2, 0.25) is 0 Å².